The topological polar surface area (TPSA) is 29.9 Å². The van der Waals surface area contributed by atoms with Crippen LogP contribution in [0.25, 0.3) is 33.2 Å². The van der Waals surface area contributed by atoms with E-state index in [9.17, 15) is 0 Å². The van der Waals surface area contributed by atoms with Gasteiger partial charge in [0, 0.05) is 31.3 Å². The Balaban J connectivity index is 1.96. The van der Waals surface area contributed by atoms with E-state index in [2.05, 4.69) is 4.98 Å². The van der Waals surface area contributed by atoms with Crippen molar-refractivity contribution in [3.05, 3.63) is 60.0 Å². The Bertz CT molecular complexity index is 1160. The predicted molar refractivity (Wildman–Crippen MR) is 101 cm³/mol. The molecule has 3 heterocycles. The molecule has 0 bridgehead atoms. The van der Waals surface area contributed by atoms with E-state index in [1.165, 1.54) is 0 Å². The first-order valence-electron chi connectivity index (χ1n) is 9.58. The van der Waals surface area contributed by atoms with Gasteiger partial charge in [-0.05, 0) is 31.3 Å². The summed E-state index contributed by atoms with van der Waals surface area (Å²) in [6.45, 7) is 5.78. The van der Waals surface area contributed by atoms with Crippen LogP contribution < -0.4 is 4.57 Å². The maximum Gasteiger partial charge on any atom is 0.217 e. The lowest BCUT2D eigenvalue weighted by atomic mass is 10.0. The lowest BCUT2D eigenvalue weighted by Crippen LogP contribution is -2.31. The minimum absolute atomic E-state index is 0.106. The monoisotopic (exact) mass is 333 g/mol. The molecule has 0 saturated carbocycles. The fourth-order valence-corrected chi connectivity index (χ4v) is 3.36. The van der Waals surface area contributed by atoms with Crippen LogP contribution in [0.4, 0.5) is 0 Å². The summed E-state index contributed by atoms with van der Waals surface area (Å²) in [5.41, 5.74) is 5.12. The van der Waals surface area contributed by atoms with E-state index in [4.69, 9.17) is 7.16 Å². The summed E-state index contributed by atoms with van der Waals surface area (Å²) in [7, 11) is 1.94. The first kappa shape index (κ1) is 13.6. The van der Waals surface area contributed by atoms with Gasteiger partial charge < -0.3 is 4.42 Å². The Hall–Kier alpha value is -2.68. The highest BCUT2D eigenvalue weighted by molar-refractivity contribution is 6.08. The summed E-state index contributed by atoms with van der Waals surface area (Å²) >= 11 is 0. The van der Waals surface area contributed by atoms with Crippen LogP contribution >= 0.6 is 0 Å². The normalized spacial score (nSPS) is 13.5. The number of hydrogen-bond acceptors (Lipinski definition) is 2. The Kier molecular flexibility index (Phi) is 3.26. The predicted octanol–water partition coefficient (Wildman–Crippen LogP) is 4.98. The molecule has 0 N–H and O–H groups in total. The van der Waals surface area contributed by atoms with Gasteiger partial charge in [-0.25, -0.2) is 4.57 Å². The zero-order valence-corrected chi connectivity index (χ0v) is 15.0. The summed E-state index contributed by atoms with van der Waals surface area (Å²) in [6, 6.07) is 11.8. The van der Waals surface area contributed by atoms with Crippen molar-refractivity contribution in [3.63, 3.8) is 0 Å². The maximum atomic E-state index is 8.36. The molecule has 3 aromatic heterocycles. The number of furan rings is 1. The third-order valence-corrected chi connectivity index (χ3v) is 4.46. The fourth-order valence-electron chi connectivity index (χ4n) is 3.36. The number of hydrogen-bond donors (Lipinski definition) is 0. The molecule has 0 aliphatic carbocycles. The van der Waals surface area contributed by atoms with Crippen LogP contribution in [0.2, 0.25) is 0 Å². The minimum atomic E-state index is -1.38. The summed E-state index contributed by atoms with van der Waals surface area (Å²) in [4.78, 5) is 4.60. The van der Waals surface area contributed by atoms with Gasteiger partial charge in [-0.15, -0.1) is 0 Å². The Morgan fingerprint density at radius 2 is 1.96 bits per heavy atom. The van der Waals surface area contributed by atoms with Crippen molar-refractivity contribution in [2.45, 2.75) is 27.1 Å². The number of aryl methyl sites for hydroxylation is 2. The summed E-state index contributed by atoms with van der Waals surface area (Å²) in [6.07, 6.45) is 2.36. The quantitative estimate of drug-likeness (QED) is 0.495. The Labute approximate surface area is 150 Å². The van der Waals surface area contributed by atoms with E-state index in [1.807, 2.05) is 81.2 Å². The van der Waals surface area contributed by atoms with Crippen molar-refractivity contribution >= 4 is 21.9 Å². The molecule has 0 amide bonds. The molecule has 0 aliphatic heterocycles. The summed E-state index contributed by atoms with van der Waals surface area (Å²) < 4.78 is 24.9. The number of para-hydroxylation sites is 1. The summed E-state index contributed by atoms with van der Waals surface area (Å²) in [5.74, 6) is -0.106. The molecule has 4 rings (SSSR count). The molecule has 0 unspecified atom stereocenters. The number of benzene rings is 1. The number of fused-ring (bicyclic) bond motifs is 3. The van der Waals surface area contributed by atoms with Gasteiger partial charge in [0.1, 0.15) is 18.2 Å². The van der Waals surface area contributed by atoms with Gasteiger partial charge >= 0.3 is 0 Å². The zero-order chi connectivity index (χ0) is 19.3. The fraction of sp³-hybridized carbons (Fsp3) is 0.273. The standard InChI is InChI=1S/C22H23N2O/c1-14(2)11-16-9-10-19(24(4)13-16)21-15(3)23-12-18-17-7-5-6-8-20(17)25-22(18)21/h5-10,12-14H,11H2,1-4H3/q+1/i11D2. The van der Waals surface area contributed by atoms with Gasteiger partial charge in [-0.2, -0.15) is 0 Å². The van der Waals surface area contributed by atoms with Gasteiger partial charge in [0.25, 0.3) is 0 Å². The minimum Gasteiger partial charge on any atom is -0.455 e. The second-order valence-corrected chi connectivity index (χ2v) is 6.77. The molecule has 25 heavy (non-hydrogen) atoms. The first-order valence-corrected chi connectivity index (χ1v) is 8.58. The van der Waals surface area contributed by atoms with Crippen molar-refractivity contribution < 1.29 is 11.7 Å². The van der Waals surface area contributed by atoms with Crippen molar-refractivity contribution in [3.8, 4) is 11.3 Å². The average Bonchev–Trinajstić information content (AvgIpc) is 3.00. The van der Waals surface area contributed by atoms with Crippen molar-refractivity contribution in [1.82, 2.24) is 4.98 Å². The molecule has 0 atom stereocenters. The maximum absolute atomic E-state index is 8.36. The molecular formula is C22H23N2O+. The summed E-state index contributed by atoms with van der Waals surface area (Å²) in [5, 5.41) is 2.05. The highest BCUT2D eigenvalue weighted by Crippen LogP contribution is 2.35. The van der Waals surface area contributed by atoms with E-state index in [1.54, 1.807) is 0 Å². The highest BCUT2D eigenvalue weighted by atomic mass is 16.3. The average molecular weight is 333 g/mol. The largest absolute Gasteiger partial charge is 0.455 e. The third kappa shape index (κ3) is 2.70. The Morgan fingerprint density at radius 1 is 1.16 bits per heavy atom. The van der Waals surface area contributed by atoms with Crippen molar-refractivity contribution in [2.75, 3.05) is 0 Å². The number of rotatable bonds is 3. The number of aromatic nitrogens is 2. The first-order chi connectivity index (χ1) is 12.8. The number of pyridine rings is 2. The molecule has 0 aliphatic rings. The lowest BCUT2D eigenvalue weighted by Gasteiger charge is -2.07. The van der Waals surface area contributed by atoms with E-state index in [-0.39, 0.29) is 5.92 Å². The molecule has 0 saturated heterocycles. The van der Waals surface area contributed by atoms with Crippen LogP contribution in [0, 0.1) is 12.8 Å². The molecule has 1 aromatic carbocycles. The smallest absolute Gasteiger partial charge is 0.217 e. The SMILES string of the molecule is [2H]C([2H])(c1ccc(-c2c(C)ncc3c2oc2ccccc23)[n+](C)c1)C(C)C. The van der Waals surface area contributed by atoms with Crippen LogP contribution in [0.1, 0.15) is 27.8 Å². The van der Waals surface area contributed by atoms with E-state index < -0.39 is 6.37 Å². The van der Waals surface area contributed by atoms with E-state index in [0.29, 0.717) is 5.56 Å². The van der Waals surface area contributed by atoms with E-state index in [0.717, 1.165) is 38.9 Å². The molecule has 0 spiro atoms. The third-order valence-electron chi connectivity index (χ3n) is 4.46. The highest BCUT2D eigenvalue weighted by Gasteiger charge is 2.21. The molecule has 3 nitrogen and oxygen atoms in total. The number of nitrogens with zero attached hydrogens (tertiary/aromatic N) is 2. The van der Waals surface area contributed by atoms with Crippen molar-refractivity contribution in [2.24, 2.45) is 13.0 Å². The molecular weight excluding hydrogens is 308 g/mol. The van der Waals surface area contributed by atoms with Crippen LogP contribution in [-0.2, 0) is 13.4 Å². The van der Waals surface area contributed by atoms with Crippen LogP contribution in [-0.4, -0.2) is 4.98 Å². The van der Waals surface area contributed by atoms with Crippen molar-refractivity contribution in [1.29, 1.82) is 0 Å². The van der Waals surface area contributed by atoms with Gasteiger partial charge in [0.15, 0.2) is 11.8 Å². The van der Waals surface area contributed by atoms with Crippen LogP contribution in [0.15, 0.2) is 53.2 Å². The second-order valence-electron chi connectivity index (χ2n) is 6.77. The Morgan fingerprint density at radius 3 is 2.72 bits per heavy atom. The second kappa shape index (κ2) is 5.99. The van der Waals surface area contributed by atoms with Gasteiger partial charge in [0.2, 0.25) is 5.69 Å². The van der Waals surface area contributed by atoms with Gasteiger partial charge in [-0.3, -0.25) is 4.98 Å². The van der Waals surface area contributed by atoms with Gasteiger partial charge in [-0.1, -0.05) is 32.0 Å². The van der Waals surface area contributed by atoms with E-state index >= 15 is 0 Å². The zero-order valence-electron chi connectivity index (χ0n) is 17.0. The van der Waals surface area contributed by atoms with Crippen LogP contribution in [0.3, 0.4) is 0 Å². The molecule has 126 valence electrons. The van der Waals surface area contributed by atoms with Gasteiger partial charge in [0.05, 0.1) is 5.69 Å². The molecule has 3 heteroatoms. The lowest BCUT2D eigenvalue weighted by molar-refractivity contribution is -0.660. The molecule has 0 radical (unpaired) electrons. The molecule has 4 aromatic rings. The van der Waals surface area contributed by atoms with Crippen LogP contribution in [0.5, 0.6) is 0 Å². The molecule has 0 fully saturated rings.